The van der Waals surface area contributed by atoms with E-state index >= 15 is 0 Å². The zero-order valence-corrected chi connectivity index (χ0v) is 14.2. The molecule has 3 aromatic rings. The third-order valence-electron chi connectivity index (χ3n) is 4.26. The van der Waals surface area contributed by atoms with Gasteiger partial charge in [0.25, 0.3) is 10.0 Å². The van der Waals surface area contributed by atoms with E-state index < -0.39 is 10.0 Å². The maximum Gasteiger partial charge on any atom is 0.264 e. The molecule has 0 fully saturated rings. The van der Waals surface area contributed by atoms with E-state index in [9.17, 15) is 13.5 Å². The Kier molecular flexibility index (Phi) is 3.56. The van der Waals surface area contributed by atoms with Gasteiger partial charge in [-0.15, -0.1) is 0 Å². The number of hydrogen-bond donors (Lipinski definition) is 3. The van der Waals surface area contributed by atoms with E-state index in [1.807, 2.05) is 6.07 Å². The zero-order chi connectivity index (χ0) is 16.9. The highest BCUT2D eigenvalue weighted by molar-refractivity contribution is 7.93. The summed E-state index contributed by atoms with van der Waals surface area (Å²) in [6.07, 6.45) is 2.24. The lowest BCUT2D eigenvalue weighted by Gasteiger charge is -2.09. The number of nitrogens with one attached hydrogen (secondary N) is 2. The Balaban J connectivity index is 1.69. The molecule has 0 bridgehead atoms. The molecule has 5 nitrogen and oxygen atoms in total. The van der Waals surface area contributed by atoms with E-state index in [0.29, 0.717) is 34.5 Å². The number of halogens is 1. The monoisotopic (exact) mass is 362 g/mol. The molecule has 0 radical (unpaired) electrons. The number of aromatic nitrogens is 1. The SMILES string of the molecule is O=S(=O)(Nc1ccc2c(c1)CC(O)C2)c1c[nH]c2cc(Cl)ccc12. The molecule has 1 heterocycles. The van der Waals surface area contributed by atoms with Crippen molar-refractivity contribution in [3.05, 3.63) is 58.7 Å². The lowest BCUT2D eigenvalue weighted by Crippen LogP contribution is -2.12. The van der Waals surface area contributed by atoms with E-state index in [1.54, 1.807) is 30.3 Å². The summed E-state index contributed by atoms with van der Waals surface area (Å²) in [4.78, 5) is 3.11. The molecule has 4 rings (SSSR count). The summed E-state index contributed by atoms with van der Waals surface area (Å²) in [5.41, 5.74) is 3.20. The first-order valence-corrected chi connectivity index (χ1v) is 9.38. The van der Waals surface area contributed by atoms with Gasteiger partial charge in [0.15, 0.2) is 0 Å². The van der Waals surface area contributed by atoms with Crippen LogP contribution in [0.1, 0.15) is 11.1 Å². The minimum absolute atomic E-state index is 0.176. The van der Waals surface area contributed by atoms with Crippen LogP contribution in [0.3, 0.4) is 0 Å². The number of rotatable bonds is 3. The summed E-state index contributed by atoms with van der Waals surface area (Å²) in [7, 11) is -3.73. The van der Waals surface area contributed by atoms with Crippen LogP contribution in [-0.4, -0.2) is 24.6 Å². The molecule has 1 aromatic heterocycles. The van der Waals surface area contributed by atoms with Gasteiger partial charge in [-0.25, -0.2) is 8.42 Å². The van der Waals surface area contributed by atoms with Gasteiger partial charge in [0.1, 0.15) is 4.90 Å². The van der Waals surface area contributed by atoms with Gasteiger partial charge in [-0.05, 0) is 54.3 Å². The van der Waals surface area contributed by atoms with Gasteiger partial charge < -0.3 is 10.1 Å². The maximum absolute atomic E-state index is 12.7. The highest BCUT2D eigenvalue weighted by Gasteiger charge is 2.22. The number of hydrogen-bond acceptors (Lipinski definition) is 3. The number of anilines is 1. The summed E-state index contributed by atoms with van der Waals surface area (Å²) < 4.78 is 28.0. The van der Waals surface area contributed by atoms with Gasteiger partial charge >= 0.3 is 0 Å². The molecular weight excluding hydrogens is 348 g/mol. The van der Waals surface area contributed by atoms with E-state index in [1.165, 1.54) is 6.20 Å². The minimum Gasteiger partial charge on any atom is -0.392 e. The molecule has 1 unspecified atom stereocenters. The summed E-state index contributed by atoms with van der Waals surface area (Å²) >= 11 is 5.93. The van der Waals surface area contributed by atoms with Crippen LogP contribution in [0.25, 0.3) is 10.9 Å². The van der Waals surface area contributed by atoms with Gasteiger partial charge in [0.2, 0.25) is 0 Å². The van der Waals surface area contributed by atoms with Crippen LogP contribution >= 0.6 is 11.6 Å². The van der Waals surface area contributed by atoms with Crippen molar-refractivity contribution < 1.29 is 13.5 Å². The smallest absolute Gasteiger partial charge is 0.264 e. The molecular formula is C17H15ClN2O3S. The Morgan fingerprint density at radius 2 is 1.92 bits per heavy atom. The normalized spacial score (nSPS) is 17.2. The van der Waals surface area contributed by atoms with E-state index in [4.69, 9.17) is 11.6 Å². The van der Waals surface area contributed by atoms with Crippen LogP contribution in [0.4, 0.5) is 5.69 Å². The van der Waals surface area contributed by atoms with E-state index in [0.717, 1.165) is 11.1 Å². The predicted octanol–water partition coefficient (Wildman–Crippen LogP) is 3.08. The quantitative estimate of drug-likeness (QED) is 0.669. The van der Waals surface area contributed by atoms with Crippen molar-refractivity contribution in [2.75, 3.05) is 4.72 Å². The van der Waals surface area contributed by atoms with Crippen molar-refractivity contribution in [3.63, 3.8) is 0 Å². The number of benzene rings is 2. The summed E-state index contributed by atoms with van der Waals surface area (Å²) in [5, 5.41) is 10.8. The molecule has 1 aliphatic carbocycles. The second-order valence-corrected chi connectivity index (χ2v) is 8.08. The second kappa shape index (κ2) is 5.51. The van der Waals surface area contributed by atoms with Gasteiger partial charge in [0.05, 0.1) is 6.10 Å². The Morgan fingerprint density at radius 1 is 1.12 bits per heavy atom. The molecule has 1 aliphatic rings. The molecule has 0 saturated carbocycles. The lowest BCUT2D eigenvalue weighted by molar-refractivity contribution is 0.187. The van der Waals surface area contributed by atoms with Crippen molar-refractivity contribution in [3.8, 4) is 0 Å². The molecule has 3 N–H and O–H groups in total. The molecule has 124 valence electrons. The van der Waals surface area contributed by atoms with Gasteiger partial charge in [-0.2, -0.15) is 0 Å². The fraction of sp³-hybridized carbons (Fsp3) is 0.176. The zero-order valence-electron chi connectivity index (χ0n) is 12.6. The van der Waals surface area contributed by atoms with E-state index in [-0.39, 0.29) is 11.0 Å². The van der Waals surface area contributed by atoms with E-state index in [2.05, 4.69) is 9.71 Å². The molecule has 0 aliphatic heterocycles. The van der Waals surface area contributed by atoms with Gasteiger partial charge in [-0.3, -0.25) is 4.72 Å². The number of aliphatic hydroxyl groups is 1. The van der Waals surface area contributed by atoms with Gasteiger partial charge in [0, 0.05) is 27.8 Å². The van der Waals surface area contributed by atoms with Crippen LogP contribution in [0.15, 0.2) is 47.5 Å². The minimum atomic E-state index is -3.73. The van der Waals surface area contributed by atoms with Crippen molar-refractivity contribution in [2.45, 2.75) is 23.8 Å². The first-order valence-electron chi connectivity index (χ1n) is 7.52. The second-order valence-electron chi connectivity index (χ2n) is 5.99. The molecule has 7 heteroatoms. The Bertz CT molecular complexity index is 1040. The summed E-state index contributed by atoms with van der Waals surface area (Å²) in [5.74, 6) is 0. The number of H-pyrrole nitrogens is 1. The van der Waals surface area contributed by atoms with Crippen LogP contribution in [0, 0.1) is 0 Å². The molecule has 0 amide bonds. The first-order chi connectivity index (χ1) is 11.4. The van der Waals surface area contributed by atoms with Crippen LogP contribution in [0.2, 0.25) is 5.02 Å². The third kappa shape index (κ3) is 2.66. The highest BCUT2D eigenvalue weighted by atomic mass is 35.5. The highest BCUT2D eigenvalue weighted by Crippen LogP contribution is 2.29. The summed E-state index contributed by atoms with van der Waals surface area (Å²) in [6, 6.07) is 10.4. The fourth-order valence-corrected chi connectivity index (χ4v) is 4.56. The van der Waals surface area contributed by atoms with Crippen molar-refractivity contribution in [2.24, 2.45) is 0 Å². The predicted molar refractivity (Wildman–Crippen MR) is 94.0 cm³/mol. The number of fused-ring (bicyclic) bond motifs is 2. The topological polar surface area (TPSA) is 82.2 Å². The first kappa shape index (κ1) is 15.5. The molecule has 0 spiro atoms. The molecule has 1 atom stereocenters. The lowest BCUT2D eigenvalue weighted by atomic mass is 10.1. The Morgan fingerprint density at radius 3 is 2.75 bits per heavy atom. The standard InChI is InChI=1S/C17H15ClN2O3S/c18-12-2-4-15-16(8-12)19-9-17(15)24(22,23)20-13-3-1-10-6-14(21)7-11(10)5-13/h1-5,8-9,14,19-21H,6-7H2. The Hall–Kier alpha value is -2.02. The van der Waals surface area contributed by atoms with Crippen molar-refractivity contribution in [1.82, 2.24) is 4.98 Å². The largest absolute Gasteiger partial charge is 0.392 e. The average molecular weight is 363 g/mol. The number of aromatic amines is 1. The van der Waals surface area contributed by atoms with Crippen LogP contribution < -0.4 is 4.72 Å². The number of sulfonamides is 1. The van der Waals surface area contributed by atoms with Gasteiger partial charge in [-0.1, -0.05) is 17.7 Å². The maximum atomic E-state index is 12.7. The molecule has 0 saturated heterocycles. The third-order valence-corrected chi connectivity index (χ3v) is 5.92. The summed E-state index contributed by atoms with van der Waals surface area (Å²) in [6.45, 7) is 0. The van der Waals surface area contributed by atoms with Crippen LogP contribution in [0.5, 0.6) is 0 Å². The Labute approximate surface area is 144 Å². The fourth-order valence-electron chi connectivity index (χ4n) is 3.16. The molecule has 24 heavy (non-hydrogen) atoms. The number of aliphatic hydroxyl groups excluding tert-OH is 1. The van der Waals surface area contributed by atoms with Crippen molar-refractivity contribution >= 4 is 38.2 Å². The van der Waals surface area contributed by atoms with Crippen molar-refractivity contribution in [1.29, 1.82) is 0 Å². The average Bonchev–Trinajstić information content (AvgIpc) is 3.08. The van der Waals surface area contributed by atoms with Crippen LogP contribution in [-0.2, 0) is 22.9 Å². The molecule has 2 aromatic carbocycles.